The van der Waals surface area contributed by atoms with Crippen molar-refractivity contribution in [1.29, 1.82) is 0 Å². The van der Waals surface area contributed by atoms with Gasteiger partial charge in [0.2, 0.25) is 0 Å². The first-order valence-corrected chi connectivity index (χ1v) is 4.05. The van der Waals surface area contributed by atoms with Gasteiger partial charge in [-0.25, -0.2) is 0 Å². The maximum absolute atomic E-state index is 9.12. The summed E-state index contributed by atoms with van der Waals surface area (Å²) in [4.78, 5) is 0. The van der Waals surface area contributed by atoms with Gasteiger partial charge in [-0.1, -0.05) is 29.8 Å². The van der Waals surface area contributed by atoms with Crippen molar-refractivity contribution in [3.05, 3.63) is 30.3 Å². The van der Waals surface area contributed by atoms with E-state index in [2.05, 4.69) is 0 Å². The van der Waals surface area contributed by atoms with E-state index in [1.807, 2.05) is 30.3 Å². The first-order chi connectivity index (χ1) is 5.58. The predicted octanol–water partition coefficient (Wildman–Crippen LogP) is 2.01. The van der Waals surface area contributed by atoms with E-state index in [4.69, 9.17) is 21.4 Å². The molecule has 66 valence electrons. The summed E-state index contributed by atoms with van der Waals surface area (Å²) in [5.41, 5.74) is 0. The van der Waals surface area contributed by atoms with E-state index in [0.717, 1.165) is 0 Å². The van der Waals surface area contributed by atoms with Crippen LogP contribution in [0.1, 0.15) is 6.92 Å². The van der Waals surface area contributed by atoms with Crippen LogP contribution >= 0.6 is 11.6 Å². The lowest BCUT2D eigenvalue weighted by Gasteiger charge is -2.15. The van der Waals surface area contributed by atoms with Gasteiger partial charge in [-0.05, 0) is 19.1 Å². The number of alkyl halides is 1. The van der Waals surface area contributed by atoms with E-state index in [1.165, 1.54) is 6.92 Å². The molecule has 0 fully saturated rings. The molecule has 12 heavy (non-hydrogen) atoms. The molecule has 1 N–H and O–H groups in total. The van der Waals surface area contributed by atoms with Crippen molar-refractivity contribution in [3.63, 3.8) is 0 Å². The van der Waals surface area contributed by atoms with Gasteiger partial charge in [0.05, 0.1) is 0 Å². The van der Waals surface area contributed by atoms with Crippen LogP contribution in [0.4, 0.5) is 0 Å². The standard InChI is InChI=1S/C9H11ClO2/c1-9(10,11)7-12-8-5-3-2-4-6-8/h2-6,11H,7H2,1H3. The number of hydrogen-bond acceptors (Lipinski definition) is 2. The first kappa shape index (κ1) is 9.36. The number of ether oxygens (including phenoxy) is 1. The first-order valence-electron chi connectivity index (χ1n) is 3.67. The summed E-state index contributed by atoms with van der Waals surface area (Å²) in [5, 5.41) is 7.82. The molecular formula is C9H11ClO2. The fourth-order valence-corrected chi connectivity index (χ4v) is 0.786. The minimum absolute atomic E-state index is 0.0819. The molecule has 2 nitrogen and oxygen atoms in total. The van der Waals surface area contributed by atoms with Crippen LogP contribution in [0.3, 0.4) is 0 Å². The Labute approximate surface area is 76.7 Å². The third kappa shape index (κ3) is 3.60. The van der Waals surface area contributed by atoms with Gasteiger partial charge in [-0.3, -0.25) is 0 Å². The van der Waals surface area contributed by atoms with Gasteiger partial charge >= 0.3 is 0 Å². The fourth-order valence-electron chi connectivity index (χ4n) is 0.732. The molecule has 0 amide bonds. The molecule has 0 aliphatic carbocycles. The van der Waals surface area contributed by atoms with Crippen molar-refractivity contribution in [3.8, 4) is 5.75 Å². The second-order valence-corrected chi connectivity index (χ2v) is 3.56. The lowest BCUT2D eigenvalue weighted by Crippen LogP contribution is -2.24. The highest BCUT2D eigenvalue weighted by atomic mass is 35.5. The molecule has 0 saturated heterocycles. The van der Waals surface area contributed by atoms with Crippen molar-refractivity contribution in [1.82, 2.24) is 0 Å². The normalized spacial score (nSPS) is 15.2. The Kier molecular flexibility index (Phi) is 2.95. The molecular weight excluding hydrogens is 176 g/mol. The molecule has 3 heteroatoms. The Balaban J connectivity index is 2.44. The second-order valence-electron chi connectivity index (χ2n) is 2.74. The zero-order chi connectivity index (χ0) is 9.03. The van der Waals surface area contributed by atoms with Crippen LogP contribution in [-0.2, 0) is 0 Å². The van der Waals surface area contributed by atoms with Crippen LogP contribution in [0.5, 0.6) is 5.75 Å². The molecule has 0 bridgehead atoms. The zero-order valence-electron chi connectivity index (χ0n) is 6.83. The quantitative estimate of drug-likeness (QED) is 0.732. The molecule has 0 aliphatic heterocycles. The Hall–Kier alpha value is -0.730. The van der Waals surface area contributed by atoms with E-state index in [-0.39, 0.29) is 6.61 Å². The maximum Gasteiger partial charge on any atom is 0.169 e. The van der Waals surface area contributed by atoms with Crippen LogP contribution < -0.4 is 4.74 Å². The minimum Gasteiger partial charge on any atom is -0.489 e. The van der Waals surface area contributed by atoms with Gasteiger partial charge in [0.15, 0.2) is 5.06 Å². The monoisotopic (exact) mass is 186 g/mol. The molecule has 0 spiro atoms. The second kappa shape index (κ2) is 3.78. The van der Waals surface area contributed by atoms with E-state index < -0.39 is 5.06 Å². The number of benzene rings is 1. The highest BCUT2D eigenvalue weighted by Gasteiger charge is 2.15. The van der Waals surface area contributed by atoms with Crippen molar-refractivity contribution < 1.29 is 9.84 Å². The minimum atomic E-state index is -1.30. The summed E-state index contributed by atoms with van der Waals surface area (Å²) in [7, 11) is 0. The van der Waals surface area contributed by atoms with E-state index in [1.54, 1.807) is 0 Å². The predicted molar refractivity (Wildman–Crippen MR) is 48.4 cm³/mol. The summed E-state index contributed by atoms with van der Waals surface area (Å²) in [6, 6.07) is 9.23. The average Bonchev–Trinajstić information content (AvgIpc) is 2.02. The Bertz CT molecular complexity index is 228. The maximum atomic E-state index is 9.12. The van der Waals surface area contributed by atoms with Crippen molar-refractivity contribution >= 4 is 11.6 Å². The van der Waals surface area contributed by atoms with E-state index in [0.29, 0.717) is 5.75 Å². The molecule has 1 atom stereocenters. The summed E-state index contributed by atoms with van der Waals surface area (Å²) < 4.78 is 5.19. The molecule has 0 aromatic heterocycles. The molecule has 1 unspecified atom stereocenters. The fraction of sp³-hybridized carbons (Fsp3) is 0.333. The Morgan fingerprint density at radius 1 is 1.42 bits per heavy atom. The largest absolute Gasteiger partial charge is 0.489 e. The summed E-state index contributed by atoms with van der Waals surface area (Å²) >= 11 is 5.51. The van der Waals surface area contributed by atoms with Crippen molar-refractivity contribution in [2.45, 2.75) is 12.0 Å². The topological polar surface area (TPSA) is 29.5 Å². The molecule has 0 saturated carbocycles. The summed E-state index contributed by atoms with van der Waals surface area (Å²) in [6.07, 6.45) is 0. The molecule has 1 aromatic carbocycles. The van der Waals surface area contributed by atoms with E-state index in [9.17, 15) is 0 Å². The van der Waals surface area contributed by atoms with Gasteiger partial charge in [0.25, 0.3) is 0 Å². The molecule has 0 radical (unpaired) electrons. The van der Waals surface area contributed by atoms with Crippen LogP contribution in [0, 0.1) is 0 Å². The number of para-hydroxylation sites is 1. The van der Waals surface area contributed by atoms with Crippen LogP contribution in [0.15, 0.2) is 30.3 Å². The Morgan fingerprint density at radius 2 is 2.00 bits per heavy atom. The van der Waals surface area contributed by atoms with Gasteiger partial charge < -0.3 is 9.84 Å². The molecule has 0 aliphatic rings. The molecule has 1 rings (SSSR count). The van der Waals surface area contributed by atoms with Crippen LogP contribution in [-0.4, -0.2) is 16.8 Å². The van der Waals surface area contributed by atoms with E-state index >= 15 is 0 Å². The summed E-state index contributed by atoms with van der Waals surface area (Å²) in [6.45, 7) is 1.57. The van der Waals surface area contributed by atoms with Gasteiger partial charge in [-0.15, -0.1) is 0 Å². The smallest absolute Gasteiger partial charge is 0.169 e. The zero-order valence-corrected chi connectivity index (χ0v) is 7.58. The van der Waals surface area contributed by atoms with Crippen molar-refractivity contribution in [2.24, 2.45) is 0 Å². The molecule has 1 aromatic rings. The van der Waals surface area contributed by atoms with Gasteiger partial charge in [0, 0.05) is 0 Å². The SMILES string of the molecule is CC(O)(Cl)COc1ccccc1. The highest BCUT2D eigenvalue weighted by Crippen LogP contribution is 2.14. The van der Waals surface area contributed by atoms with Gasteiger partial charge in [-0.2, -0.15) is 0 Å². The summed E-state index contributed by atoms with van der Waals surface area (Å²) in [5.74, 6) is 0.707. The van der Waals surface area contributed by atoms with Crippen LogP contribution in [0.25, 0.3) is 0 Å². The number of aliphatic hydroxyl groups is 1. The number of hydrogen-bond donors (Lipinski definition) is 1. The lowest BCUT2D eigenvalue weighted by atomic mass is 10.3. The van der Waals surface area contributed by atoms with Crippen molar-refractivity contribution in [2.75, 3.05) is 6.61 Å². The third-order valence-electron chi connectivity index (χ3n) is 1.25. The molecule has 0 heterocycles. The third-order valence-corrected chi connectivity index (χ3v) is 1.35. The number of halogens is 1. The number of rotatable bonds is 3. The van der Waals surface area contributed by atoms with Gasteiger partial charge in [0.1, 0.15) is 12.4 Å². The Morgan fingerprint density at radius 3 is 2.50 bits per heavy atom. The van der Waals surface area contributed by atoms with Crippen LogP contribution in [0.2, 0.25) is 0 Å². The average molecular weight is 187 g/mol. The highest BCUT2D eigenvalue weighted by molar-refractivity contribution is 6.22. The lowest BCUT2D eigenvalue weighted by molar-refractivity contribution is 0.0853.